The van der Waals surface area contributed by atoms with Crippen LogP contribution >= 0.6 is 0 Å². The van der Waals surface area contributed by atoms with Crippen molar-refractivity contribution in [2.24, 2.45) is 0 Å². The number of carboxylic acid groups (broad SMARTS) is 1. The van der Waals surface area contributed by atoms with Gasteiger partial charge in [-0.05, 0) is 30.4 Å². The fourth-order valence-electron chi connectivity index (χ4n) is 3.44. The zero-order chi connectivity index (χ0) is 17.2. The molecule has 1 aliphatic rings. The summed E-state index contributed by atoms with van der Waals surface area (Å²) in [5.74, 6) is 0. The molecule has 0 radical (unpaired) electrons. The third-order valence-electron chi connectivity index (χ3n) is 4.53. The average Bonchev–Trinajstić information content (AvgIpc) is 3.06. The predicted octanol–water partition coefficient (Wildman–Crippen LogP) is 3.83. The van der Waals surface area contributed by atoms with Crippen molar-refractivity contribution in [3.8, 4) is 11.1 Å². The molecule has 0 saturated carbocycles. The molecule has 3 aromatic rings. The number of hydrogen-bond acceptors (Lipinski definition) is 3. The van der Waals surface area contributed by atoms with Crippen LogP contribution < -0.4 is 5.32 Å². The first-order valence-electron chi connectivity index (χ1n) is 8.30. The van der Waals surface area contributed by atoms with Gasteiger partial charge >= 0.3 is 6.09 Å². The number of amides is 1. The monoisotopic (exact) mass is 334 g/mol. The minimum absolute atomic E-state index is 0.176. The zero-order valence-corrected chi connectivity index (χ0v) is 13.6. The van der Waals surface area contributed by atoms with Gasteiger partial charge in [-0.1, -0.05) is 36.4 Å². The van der Waals surface area contributed by atoms with E-state index in [1.165, 1.54) is 0 Å². The van der Waals surface area contributed by atoms with Crippen LogP contribution in [0.3, 0.4) is 0 Å². The minimum Gasteiger partial charge on any atom is -0.465 e. The Hall–Kier alpha value is -3.15. The molecule has 1 unspecified atom stereocenters. The zero-order valence-electron chi connectivity index (χ0n) is 13.6. The smallest absolute Gasteiger partial charge is 0.405 e. The van der Waals surface area contributed by atoms with Crippen molar-refractivity contribution in [2.45, 2.75) is 25.3 Å². The molecule has 1 amide bonds. The van der Waals surface area contributed by atoms with Crippen LogP contribution in [0.1, 0.15) is 25.0 Å². The molecule has 3 N–H and O–H groups in total. The molecule has 126 valence electrons. The van der Waals surface area contributed by atoms with Crippen molar-refractivity contribution in [1.82, 2.24) is 20.3 Å². The van der Waals surface area contributed by atoms with Gasteiger partial charge in [-0.15, -0.1) is 0 Å². The van der Waals surface area contributed by atoms with E-state index in [1.807, 2.05) is 30.5 Å². The molecule has 0 bridgehead atoms. The van der Waals surface area contributed by atoms with Crippen LogP contribution in [-0.4, -0.2) is 32.2 Å². The summed E-state index contributed by atoms with van der Waals surface area (Å²) >= 11 is 0. The van der Waals surface area contributed by atoms with Crippen LogP contribution in [0.15, 0.2) is 48.9 Å². The molecule has 1 atom stereocenters. The highest BCUT2D eigenvalue weighted by molar-refractivity contribution is 6.00. The van der Waals surface area contributed by atoms with E-state index >= 15 is 0 Å². The largest absolute Gasteiger partial charge is 0.465 e. The number of H-pyrrole nitrogens is 1. The van der Waals surface area contributed by atoms with E-state index < -0.39 is 6.09 Å². The Kier molecular flexibility index (Phi) is 3.93. The summed E-state index contributed by atoms with van der Waals surface area (Å²) in [4.78, 5) is 23.0. The summed E-state index contributed by atoms with van der Waals surface area (Å²) in [6.45, 7) is 0. The van der Waals surface area contributed by atoms with Gasteiger partial charge in [0, 0.05) is 11.8 Å². The molecule has 4 rings (SSSR count). The first kappa shape index (κ1) is 15.4. The van der Waals surface area contributed by atoms with Crippen molar-refractivity contribution in [3.63, 3.8) is 0 Å². The van der Waals surface area contributed by atoms with Gasteiger partial charge in [-0.25, -0.2) is 14.8 Å². The standard InChI is InChI=1S/C19H18N4O2/c24-19(25)23-14-8-4-7-13(9-14)17-16-15(12-5-2-1-3-6-12)10-20-18(16)22-11-21-17/h1-3,5-6,9-11,14,23H,4,7-8H2,(H,24,25)(H,20,21,22). The number of nitrogens with zero attached hydrogens (tertiary/aromatic N) is 2. The predicted molar refractivity (Wildman–Crippen MR) is 96.1 cm³/mol. The molecule has 2 heterocycles. The van der Waals surface area contributed by atoms with Gasteiger partial charge in [0.1, 0.15) is 12.0 Å². The van der Waals surface area contributed by atoms with Crippen LogP contribution in [0.25, 0.3) is 27.7 Å². The van der Waals surface area contributed by atoms with Crippen molar-refractivity contribution in [2.75, 3.05) is 0 Å². The fraction of sp³-hybridized carbons (Fsp3) is 0.211. The highest BCUT2D eigenvalue weighted by Crippen LogP contribution is 2.35. The topological polar surface area (TPSA) is 90.9 Å². The third kappa shape index (κ3) is 2.98. The van der Waals surface area contributed by atoms with Crippen molar-refractivity contribution < 1.29 is 9.90 Å². The number of aromatic amines is 1. The number of allylic oxidation sites excluding steroid dienone is 1. The first-order valence-corrected chi connectivity index (χ1v) is 8.30. The Bertz CT molecular complexity index is 946. The van der Waals surface area contributed by atoms with Gasteiger partial charge < -0.3 is 15.4 Å². The second-order valence-corrected chi connectivity index (χ2v) is 6.15. The van der Waals surface area contributed by atoms with E-state index in [9.17, 15) is 4.79 Å². The molecule has 1 aromatic carbocycles. The quantitative estimate of drug-likeness (QED) is 0.679. The van der Waals surface area contributed by atoms with Crippen LogP contribution in [0.2, 0.25) is 0 Å². The van der Waals surface area contributed by atoms with Crippen LogP contribution in [0, 0.1) is 0 Å². The van der Waals surface area contributed by atoms with Crippen molar-refractivity contribution in [3.05, 3.63) is 54.6 Å². The maximum Gasteiger partial charge on any atom is 0.405 e. The summed E-state index contributed by atoms with van der Waals surface area (Å²) in [6.07, 6.45) is 7.11. The Morgan fingerprint density at radius 1 is 1.24 bits per heavy atom. The second-order valence-electron chi connectivity index (χ2n) is 6.15. The molecule has 0 spiro atoms. The summed E-state index contributed by atoms with van der Waals surface area (Å²) in [5.41, 5.74) is 4.89. The number of rotatable bonds is 3. The summed E-state index contributed by atoms with van der Waals surface area (Å²) in [7, 11) is 0. The number of aromatic nitrogens is 3. The number of benzene rings is 1. The number of fused-ring (bicyclic) bond motifs is 1. The van der Waals surface area contributed by atoms with E-state index in [0.29, 0.717) is 0 Å². The summed E-state index contributed by atoms with van der Waals surface area (Å²) in [5, 5.41) is 12.5. The van der Waals surface area contributed by atoms with E-state index in [1.54, 1.807) is 6.33 Å². The van der Waals surface area contributed by atoms with Gasteiger partial charge in [0.25, 0.3) is 0 Å². The molecule has 1 aliphatic carbocycles. The van der Waals surface area contributed by atoms with Gasteiger partial charge in [0.15, 0.2) is 0 Å². The molecule has 0 saturated heterocycles. The lowest BCUT2D eigenvalue weighted by Crippen LogP contribution is -2.33. The number of carbonyl (C=O) groups is 1. The van der Waals surface area contributed by atoms with Crippen LogP contribution in [0.4, 0.5) is 4.79 Å². The minimum atomic E-state index is -0.998. The van der Waals surface area contributed by atoms with Crippen molar-refractivity contribution in [1.29, 1.82) is 0 Å². The Morgan fingerprint density at radius 2 is 2.08 bits per heavy atom. The molecule has 2 aromatic heterocycles. The lowest BCUT2D eigenvalue weighted by atomic mass is 9.91. The van der Waals surface area contributed by atoms with E-state index in [0.717, 1.165) is 52.7 Å². The molecule has 6 heteroatoms. The van der Waals surface area contributed by atoms with E-state index in [2.05, 4.69) is 32.4 Å². The summed E-state index contributed by atoms with van der Waals surface area (Å²) in [6, 6.07) is 9.94. The maximum absolute atomic E-state index is 10.9. The van der Waals surface area contributed by atoms with E-state index in [-0.39, 0.29) is 6.04 Å². The van der Waals surface area contributed by atoms with E-state index in [4.69, 9.17) is 5.11 Å². The molecule has 0 aliphatic heterocycles. The Balaban J connectivity index is 1.84. The van der Waals surface area contributed by atoms with Crippen LogP contribution in [-0.2, 0) is 0 Å². The van der Waals surface area contributed by atoms with Gasteiger partial charge in [-0.2, -0.15) is 0 Å². The number of nitrogens with one attached hydrogen (secondary N) is 2. The molecular formula is C19H18N4O2. The Morgan fingerprint density at radius 3 is 2.88 bits per heavy atom. The van der Waals surface area contributed by atoms with Gasteiger partial charge in [0.2, 0.25) is 0 Å². The SMILES string of the molecule is O=C(O)NC1C=C(c2ncnc3[nH]cc(-c4ccccc4)c23)CCC1. The summed E-state index contributed by atoms with van der Waals surface area (Å²) < 4.78 is 0. The molecule has 25 heavy (non-hydrogen) atoms. The lowest BCUT2D eigenvalue weighted by molar-refractivity contribution is 0.191. The van der Waals surface area contributed by atoms with Crippen molar-refractivity contribution >= 4 is 22.7 Å². The molecule has 6 nitrogen and oxygen atoms in total. The second kappa shape index (κ2) is 6.39. The van der Waals surface area contributed by atoms with Crippen LogP contribution in [0.5, 0.6) is 0 Å². The highest BCUT2D eigenvalue weighted by Gasteiger charge is 2.20. The fourth-order valence-corrected chi connectivity index (χ4v) is 3.44. The molecule has 0 fully saturated rings. The van der Waals surface area contributed by atoms with Gasteiger partial charge in [0.05, 0.1) is 17.1 Å². The normalized spacial score (nSPS) is 17.3. The molecular weight excluding hydrogens is 316 g/mol. The first-order chi connectivity index (χ1) is 12.2. The maximum atomic E-state index is 10.9. The number of hydrogen-bond donors (Lipinski definition) is 3. The highest BCUT2D eigenvalue weighted by atomic mass is 16.4. The average molecular weight is 334 g/mol. The Labute approximate surface area is 144 Å². The van der Waals surface area contributed by atoms with Gasteiger partial charge in [-0.3, -0.25) is 0 Å². The third-order valence-corrected chi connectivity index (χ3v) is 4.53. The lowest BCUT2D eigenvalue weighted by Gasteiger charge is -2.21.